The summed E-state index contributed by atoms with van der Waals surface area (Å²) in [4.78, 5) is 0. The zero-order chi connectivity index (χ0) is 14.9. The molecule has 0 fully saturated rings. The Kier molecular flexibility index (Phi) is 75.5. The molecule has 0 aliphatic carbocycles. The zero-order valence-corrected chi connectivity index (χ0v) is 28.4. The Morgan fingerprint density at radius 2 is 0.684 bits per heavy atom. The van der Waals surface area contributed by atoms with Gasteiger partial charge in [0.1, 0.15) is 0 Å². The Labute approximate surface area is 194 Å². The van der Waals surface area contributed by atoms with E-state index in [-0.39, 0.29) is 37.1 Å². The van der Waals surface area contributed by atoms with E-state index in [4.69, 9.17) is 19.7 Å². The van der Waals surface area contributed by atoms with Crippen molar-refractivity contribution in [1.29, 1.82) is 0 Å². The van der Waals surface area contributed by atoms with Crippen molar-refractivity contribution >= 4 is 13.2 Å². The van der Waals surface area contributed by atoms with Crippen molar-refractivity contribution in [3.63, 3.8) is 0 Å². The standard InChI is InChI=1S/3C4H5.2V.5W/c3*1-4(2)3;;;;;;;/h3*1-2H,3H3;;;;;;;/q3*-1;;;;;;;. The fourth-order valence-corrected chi connectivity index (χ4v) is 0. The van der Waals surface area contributed by atoms with Crippen molar-refractivity contribution < 1.29 is 128 Å². The fourth-order valence-electron chi connectivity index (χ4n) is 0. The summed E-state index contributed by atoms with van der Waals surface area (Å²) >= 11 is 7.58. The van der Waals surface area contributed by atoms with E-state index < -0.39 is 0 Å². The molecule has 0 N–H and O–H groups in total. The van der Waals surface area contributed by atoms with Gasteiger partial charge in [0.15, 0.2) is 0 Å². The number of allylic oxidation sites excluding steroid dienone is 3. The summed E-state index contributed by atoms with van der Waals surface area (Å²) in [6.45, 7) is 21.2. The fraction of sp³-hybridized carbons (Fsp3) is 0.250. The Morgan fingerprint density at radius 1 is 0.632 bits per heavy atom. The average molecular weight is 1180 g/mol. The first-order valence-electron chi connectivity index (χ1n) is 4.11. The summed E-state index contributed by atoms with van der Waals surface area (Å²) in [5, 5.41) is 0. The molecule has 2 radical (unpaired) electrons. The Bertz CT molecular complexity index is 232. The topological polar surface area (TPSA) is 0 Å². The summed E-state index contributed by atoms with van der Waals surface area (Å²) in [7, 11) is 0. The summed E-state index contributed by atoms with van der Waals surface area (Å²) in [5.74, 6) is 0. The molecule has 0 unspecified atom stereocenters. The third-order valence-corrected chi connectivity index (χ3v) is 4.56. The van der Waals surface area contributed by atoms with Crippen molar-refractivity contribution in [2.45, 2.75) is 20.8 Å². The second-order valence-electron chi connectivity index (χ2n) is 2.59. The molecule has 0 aliphatic heterocycles. The molecule has 0 aromatic heterocycles. The van der Waals surface area contributed by atoms with Crippen LogP contribution in [0.5, 0.6) is 0 Å². The van der Waals surface area contributed by atoms with Gasteiger partial charge in [-0.3, -0.25) is 0 Å². The van der Waals surface area contributed by atoms with Gasteiger partial charge in [-0.2, -0.15) is 0 Å². The first-order valence-corrected chi connectivity index (χ1v) is 20.2. The molecule has 0 aromatic carbocycles. The van der Waals surface area contributed by atoms with Crippen LogP contribution in [0.1, 0.15) is 20.8 Å². The van der Waals surface area contributed by atoms with Crippen molar-refractivity contribution in [2.75, 3.05) is 0 Å². The summed E-state index contributed by atoms with van der Waals surface area (Å²) in [6.07, 6.45) is 0. The molecule has 0 spiro atoms. The number of rotatable bonds is 3. The Morgan fingerprint density at radius 3 is 0.684 bits per heavy atom. The maximum atomic E-state index is 5.17. The zero-order valence-electron chi connectivity index (χ0n) is 10.9. The van der Waals surface area contributed by atoms with Crippen LogP contribution < -0.4 is 0 Å². The van der Waals surface area contributed by atoms with Crippen LogP contribution in [0.4, 0.5) is 0 Å². The van der Waals surface area contributed by atoms with Gasteiger partial charge < -0.3 is 0 Å². The van der Waals surface area contributed by atoms with Gasteiger partial charge in [-0.1, -0.05) is 0 Å². The van der Waals surface area contributed by atoms with Crippen LogP contribution in [0.2, 0.25) is 0 Å². The van der Waals surface area contributed by atoms with Gasteiger partial charge >= 0.3 is 161 Å². The van der Waals surface area contributed by atoms with Crippen LogP contribution in [-0.2, 0) is 128 Å². The van der Waals surface area contributed by atoms with Crippen molar-refractivity contribution in [2.24, 2.45) is 0 Å². The second-order valence-corrected chi connectivity index (χ2v) is 5.13. The predicted octanol–water partition coefficient (Wildman–Crippen LogP) is 2.13. The van der Waals surface area contributed by atoms with Gasteiger partial charge in [0.2, 0.25) is 0 Å². The van der Waals surface area contributed by atoms with Gasteiger partial charge in [0, 0.05) is 37.1 Å². The van der Waals surface area contributed by atoms with Crippen LogP contribution in [0.3, 0.4) is 0 Å². The van der Waals surface area contributed by atoms with Crippen molar-refractivity contribution in [3.8, 4) is 0 Å². The average Bonchev–Trinajstić information content (AvgIpc) is 2.32. The molecule has 0 rings (SSSR count). The number of hydrogen-bond donors (Lipinski definition) is 0. The minimum atomic E-state index is 0. The first kappa shape index (κ1) is 38.2. The van der Waals surface area contributed by atoms with Gasteiger partial charge in [-0.15, -0.1) is 0 Å². The molecule has 0 saturated heterocycles. The summed E-state index contributed by atoms with van der Waals surface area (Å²) in [5.41, 5.74) is 2.75. The van der Waals surface area contributed by atoms with Gasteiger partial charge in [0.25, 0.3) is 0 Å². The predicted molar refractivity (Wildman–Crippen MR) is 58.7 cm³/mol. The van der Waals surface area contributed by atoms with Gasteiger partial charge in [-0.25, -0.2) is 0 Å². The van der Waals surface area contributed by atoms with E-state index in [2.05, 4.69) is 0 Å². The van der Waals surface area contributed by atoms with Crippen LogP contribution in [0.25, 0.3) is 0 Å². The van der Waals surface area contributed by atoms with Gasteiger partial charge in [-0.05, 0) is 0 Å². The van der Waals surface area contributed by atoms with Crippen molar-refractivity contribution in [3.05, 3.63) is 36.5 Å². The normalized spacial score (nSPS) is 5.42. The van der Waals surface area contributed by atoms with E-state index >= 15 is 0 Å². The second kappa shape index (κ2) is 37.6. The third-order valence-electron chi connectivity index (χ3n) is 0.558. The molecular weight excluding hydrogens is 1170 g/mol. The molecular formula is C12H15V2W5-3. The van der Waals surface area contributed by atoms with E-state index in [1.165, 1.54) is 58.1 Å². The number of hydrogen-bond acceptors (Lipinski definition) is 0. The monoisotopic (exact) mass is 1180 g/mol. The summed E-state index contributed by atoms with van der Waals surface area (Å²) in [6, 6.07) is 0. The molecule has 0 atom stereocenters. The van der Waals surface area contributed by atoms with E-state index in [1.54, 1.807) is 32.4 Å². The van der Waals surface area contributed by atoms with E-state index in [0.717, 1.165) is 16.7 Å². The Hall–Kier alpha value is 3.44. The van der Waals surface area contributed by atoms with E-state index in [1.807, 2.05) is 34.0 Å². The molecule has 0 aromatic rings. The molecule has 7 heteroatoms. The summed E-state index contributed by atoms with van der Waals surface area (Å²) < 4.78 is 5.83. The Balaban J connectivity index is -0.0000000298. The molecule has 0 saturated carbocycles. The molecule has 0 aliphatic rings. The third kappa shape index (κ3) is 90.9. The van der Waals surface area contributed by atoms with Crippen molar-refractivity contribution in [1.82, 2.24) is 0 Å². The van der Waals surface area contributed by atoms with Crippen LogP contribution in [0, 0.1) is 19.7 Å². The van der Waals surface area contributed by atoms with E-state index in [0.29, 0.717) is 0 Å². The molecule has 0 bridgehead atoms. The van der Waals surface area contributed by atoms with E-state index in [9.17, 15) is 0 Å². The van der Waals surface area contributed by atoms with Crippen LogP contribution >= 0.6 is 0 Å². The first-order chi connectivity index (χ1) is 7.81. The molecule has 106 valence electrons. The minimum absolute atomic E-state index is 0. The van der Waals surface area contributed by atoms with Crippen LogP contribution in [-0.4, -0.2) is 13.2 Å². The molecule has 0 amide bonds. The molecule has 19 heavy (non-hydrogen) atoms. The quantitative estimate of drug-likeness (QED) is 0.381. The van der Waals surface area contributed by atoms with Gasteiger partial charge in [0.05, 0.1) is 0 Å². The maximum absolute atomic E-state index is 5.17. The molecule has 0 nitrogen and oxygen atoms in total. The van der Waals surface area contributed by atoms with Crippen LogP contribution in [0.15, 0.2) is 16.7 Å². The molecule has 0 heterocycles. The SMILES string of the molecule is [CH-]=C(C)[CH]=[W].[CH-]=C(C)[CH]=[W].[CH-]=C(C)[CH]=[W].[V].[V].[W]=[W].